The lowest BCUT2D eigenvalue weighted by atomic mass is 9.96. The molecule has 0 radical (unpaired) electrons. The van der Waals surface area contributed by atoms with Gasteiger partial charge in [-0.05, 0) is 30.5 Å². The molecular weight excluding hydrogens is 243 g/mol. The van der Waals surface area contributed by atoms with Gasteiger partial charge in [0.25, 0.3) is 0 Å². The average Bonchev–Trinajstić information content (AvgIpc) is 2.39. The lowest BCUT2D eigenvalue weighted by Gasteiger charge is -2.13. The number of halogens is 1. The first-order chi connectivity index (χ1) is 9.22. The first-order valence-corrected chi connectivity index (χ1v) is 6.35. The van der Waals surface area contributed by atoms with Crippen molar-refractivity contribution >= 4 is 5.78 Å². The van der Waals surface area contributed by atoms with Gasteiger partial charge < -0.3 is 0 Å². The summed E-state index contributed by atoms with van der Waals surface area (Å²) in [5.74, 6) is 0.503. The number of aromatic nitrogens is 2. The van der Waals surface area contributed by atoms with Crippen molar-refractivity contribution in [3.63, 3.8) is 0 Å². The molecule has 0 N–H and O–H groups in total. The zero-order chi connectivity index (χ0) is 13.2. The molecule has 1 heterocycles. The molecule has 19 heavy (non-hydrogen) atoms. The van der Waals surface area contributed by atoms with Gasteiger partial charge >= 0.3 is 0 Å². The molecule has 1 aromatic heterocycles. The maximum Gasteiger partial charge on any atom is 0.166 e. The first kappa shape index (κ1) is 12.0. The molecule has 0 spiro atoms. The fourth-order valence-electron chi connectivity index (χ4n) is 2.35. The summed E-state index contributed by atoms with van der Waals surface area (Å²) in [4.78, 5) is 20.3. The quantitative estimate of drug-likeness (QED) is 0.829. The fraction of sp³-hybridized carbons (Fsp3) is 0.267. The van der Waals surface area contributed by atoms with Crippen LogP contribution < -0.4 is 0 Å². The minimum Gasteiger partial charge on any atom is -0.294 e. The normalized spacial score (nSPS) is 14.3. The number of hydrogen-bond donors (Lipinski definition) is 0. The lowest BCUT2D eigenvalue weighted by molar-refractivity contribution is 0.0971. The lowest BCUT2D eigenvalue weighted by Crippen LogP contribution is -2.15. The molecule has 0 amide bonds. The third-order valence-corrected chi connectivity index (χ3v) is 3.29. The summed E-state index contributed by atoms with van der Waals surface area (Å²) < 4.78 is 13.1. The van der Waals surface area contributed by atoms with Crippen LogP contribution in [-0.4, -0.2) is 15.8 Å². The Morgan fingerprint density at radius 1 is 1.26 bits per heavy atom. The summed E-state index contributed by atoms with van der Waals surface area (Å²) >= 11 is 0. The Hall–Kier alpha value is -2.10. The molecule has 3 rings (SSSR count). The van der Waals surface area contributed by atoms with Gasteiger partial charge in [-0.2, -0.15) is 0 Å². The highest BCUT2D eigenvalue weighted by Crippen LogP contribution is 2.19. The minimum absolute atomic E-state index is 0.124. The van der Waals surface area contributed by atoms with E-state index < -0.39 is 0 Å². The van der Waals surface area contributed by atoms with Crippen molar-refractivity contribution < 1.29 is 9.18 Å². The monoisotopic (exact) mass is 256 g/mol. The van der Waals surface area contributed by atoms with Crippen LogP contribution in [0.3, 0.4) is 0 Å². The largest absolute Gasteiger partial charge is 0.294 e. The Balaban J connectivity index is 1.88. The van der Waals surface area contributed by atoms with Crippen LogP contribution >= 0.6 is 0 Å². The van der Waals surface area contributed by atoms with Gasteiger partial charge in [0.1, 0.15) is 11.6 Å². The van der Waals surface area contributed by atoms with Gasteiger partial charge in [0, 0.05) is 19.0 Å². The van der Waals surface area contributed by atoms with Gasteiger partial charge in [-0.3, -0.25) is 4.79 Å². The van der Waals surface area contributed by atoms with Gasteiger partial charge in [-0.15, -0.1) is 0 Å². The van der Waals surface area contributed by atoms with E-state index in [4.69, 9.17) is 0 Å². The Bertz CT molecular complexity index is 640. The summed E-state index contributed by atoms with van der Waals surface area (Å²) in [6.07, 6.45) is 4.35. The van der Waals surface area contributed by atoms with Crippen molar-refractivity contribution in [2.45, 2.75) is 25.7 Å². The van der Waals surface area contributed by atoms with E-state index in [1.807, 2.05) is 6.07 Å². The Labute approximate surface area is 110 Å². The smallest absolute Gasteiger partial charge is 0.166 e. The number of fused-ring (bicyclic) bond motifs is 1. The van der Waals surface area contributed by atoms with Gasteiger partial charge in [0.15, 0.2) is 5.78 Å². The summed E-state index contributed by atoms with van der Waals surface area (Å²) in [5, 5.41) is 0. The molecule has 4 heteroatoms. The molecule has 0 saturated heterocycles. The van der Waals surface area contributed by atoms with Crippen LogP contribution in [0.2, 0.25) is 0 Å². The minimum atomic E-state index is -0.259. The van der Waals surface area contributed by atoms with Crippen molar-refractivity contribution in [3.05, 3.63) is 58.9 Å². The van der Waals surface area contributed by atoms with Crippen molar-refractivity contribution in [2.24, 2.45) is 0 Å². The predicted octanol–water partition coefficient (Wildman–Crippen LogP) is 2.73. The standard InChI is InChI=1S/C15H13FN2O/c16-11-4-1-3-10(7-11)8-15-17-9-12-13(18-15)5-2-6-14(12)19/h1,3-4,7,9H,2,5-6,8H2. The van der Waals surface area contributed by atoms with E-state index in [9.17, 15) is 9.18 Å². The second kappa shape index (κ2) is 4.88. The van der Waals surface area contributed by atoms with Crippen LogP contribution in [0.1, 0.15) is 40.3 Å². The van der Waals surface area contributed by atoms with Crippen molar-refractivity contribution in [3.8, 4) is 0 Å². The molecule has 3 nitrogen and oxygen atoms in total. The summed E-state index contributed by atoms with van der Waals surface area (Å²) in [6.45, 7) is 0. The summed E-state index contributed by atoms with van der Waals surface area (Å²) in [6, 6.07) is 6.41. The van der Waals surface area contributed by atoms with E-state index in [-0.39, 0.29) is 11.6 Å². The predicted molar refractivity (Wildman–Crippen MR) is 68.5 cm³/mol. The average molecular weight is 256 g/mol. The topological polar surface area (TPSA) is 42.9 Å². The van der Waals surface area contributed by atoms with Crippen LogP contribution in [0, 0.1) is 5.82 Å². The summed E-state index contributed by atoms with van der Waals surface area (Å²) in [7, 11) is 0. The SMILES string of the molecule is O=C1CCCc2nc(Cc3cccc(F)c3)ncc21. The number of ketones is 1. The number of hydrogen-bond acceptors (Lipinski definition) is 3. The highest BCUT2D eigenvalue weighted by Gasteiger charge is 2.19. The molecule has 0 saturated carbocycles. The maximum absolute atomic E-state index is 13.1. The molecule has 1 aliphatic rings. The van der Waals surface area contributed by atoms with Gasteiger partial charge in [0.05, 0.1) is 11.3 Å². The fourth-order valence-corrected chi connectivity index (χ4v) is 2.35. The molecule has 1 aromatic carbocycles. The molecule has 96 valence electrons. The van der Waals surface area contributed by atoms with Crippen LogP contribution in [-0.2, 0) is 12.8 Å². The van der Waals surface area contributed by atoms with E-state index in [0.717, 1.165) is 24.1 Å². The Morgan fingerprint density at radius 2 is 2.16 bits per heavy atom. The van der Waals surface area contributed by atoms with Crippen LogP contribution in [0.5, 0.6) is 0 Å². The van der Waals surface area contributed by atoms with Crippen LogP contribution in [0.15, 0.2) is 30.5 Å². The third kappa shape index (κ3) is 2.52. The van der Waals surface area contributed by atoms with E-state index in [2.05, 4.69) is 9.97 Å². The third-order valence-electron chi connectivity index (χ3n) is 3.29. The number of rotatable bonds is 2. The highest BCUT2D eigenvalue weighted by atomic mass is 19.1. The number of carbonyl (C=O) groups excluding carboxylic acids is 1. The van der Waals surface area contributed by atoms with E-state index >= 15 is 0 Å². The molecule has 0 aliphatic heterocycles. The van der Waals surface area contributed by atoms with Gasteiger partial charge in [0.2, 0.25) is 0 Å². The number of benzene rings is 1. The molecule has 0 atom stereocenters. The molecule has 1 aliphatic carbocycles. The molecule has 0 fully saturated rings. The Morgan fingerprint density at radius 3 is 3.00 bits per heavy atom. The van der Waals surface area contributed by atoms with Crippen LogP contribution in [0.4, 0.5) is 4.39 Å². The first-order valence-electron chi connectivity index (χ1n) is 6.35. The summed E-state index contributed by atoms with van der Waals surface area (Å²) in [5.41, 5.74) is 2.31. The zero-order valence-electron chi connectivity index (χ0n) is 10.4. The maximum atomic E-state index is 13.1. The number of Topliss-reactive ketones (excluding diaryl/α,β-unsaturated/α-hetero) is 1. The second-order valence-electron chi connectivity index (χ2n) is 4.73. The van der Waals surface area contributed by atoms with Gasteiger partial charge in [-0.1, -0.05) is 12.1 Å². The zero-order valence-corrected chi connectivity index (χ0v) is 10.4. The molecule has 0 bridgehead atoms. The highest BCUT2D eigenvalue weighted by molar-refractivity contribution is 5.97. The van der Waals surface area contributed by atoms with Gasteiger partial charge in [-0.25, -0.2) is 14.4 Å². The van der Waals surface area contributed by atoms with E-state index in [1.165, 1.54) is 12.1 Å². The molecule has 0 unspecified atom stereocenters. The second-order valence-corrected chi connectivity index (χ2v) is 4.73. The Kier molecular flexibility index (Phi) is 3.07. The van der Waals surface area contributed by atoms with Crippen molar-refractivity contribution in [1.29, 1.82) is 0 Å². The number of aryl methyl sites for hydroxylation is 1. The van der Waals surface area contributed by atoms with Crippen LogP contribution in [0.25, 0.3) is 0 Å². The number of nitrogens with zero attached hydrogens (tertiary/aromatic N) is 2. The van der Waals surface area contributed by atoms with E-state index in [1.54, 1.807) is 12.3 Å². The number of carbonyl (C=O) groups is 1. The van der Waals surface area contributed by atoms with Crippen molar-refractivity contribution in [2.75, 3.05) is 0 Å². The molecule has 2 aromatic rings. The van der Waals surface area contributed by atoms with Crippen molar-refractivity contribution in [1.82, 2.24) is 9.97 Å². The van der Waals surface area contributed by atoms with E-state index in [0.29, 0.717) is 24.2 Å². The molecular formula is C15H13FN2O.